The van der Waals surface area contributed by atoms with Gasteiger partial charge in [0.25, 0.3) is 5.91 Å². The van der Waals surface area contributed by atoms with Crippen molar-refractivity contribution >= 4 is 52.3 Å². The van der Waals surface area contributed by atoms with Gasteiger partial charge in [-0.2, -0.15) is 4.98 Å². The number of fused-ring (bicyclic) bond motifs is 1. The molecular formula is C19H23ClN6O3S. The summed E-state index contributed by atoms with van der Waals surface area (Å²) >= 11 is 1.38. The van der Waals surface area contributed by atoms with E-state index in [2.05, 4.69) is 15.0 Å². The summed E-state index contributed by atoms with van der Waals surface area (Å²) in [6, 6.07) is 3.57. The van der Waals surface area contributed by atoms with Crippen molar-refractivity contribution in [3.8, 4) is 11.5 Å². The van der Waals surface area contributed by atoms with Gasteiger partial charge in [0.2, 0.25) is 5.95 Å². The Hall–Kier alpha value is -2.85. The van der Waals surface area contributed by atoms with E-state index in [4.69, 9.17) is 15.2 Å². The molecule has 4 rings (SSSR count). The van der Waals surface area contributed by atoms with E-state index in [9.17, 15) is 4.79 Å². The average molecular weight is 451 g/mol. The number of methoxy groups -OCH3 is 2. The highest BCUT2D eigenvalue weighted by Crippen LogP contribution is 2.34. The highest BCUT2D eigenvalue weighted by molar-refractivity contribution is 7.11. The number of ether oxygens (including phenoxy) is 2. The molecule has 30 heavy (non-hydrogen) atoms. The minimum absolute atomic E-state index is 0. The predicted octanol–water partition coefficient (Wildman–Crippen LogP) is 2.38. The van der Waals surface area contributed by atoms with E-state index in [1.54, 1.807) is 31.9 Å². The molecular weight excluding hydrogens is 428 g/mol. The third kappa shape index (κ3) is 3.92. The van der Waals surface area contributed by atoms with Crippen LogP contribution < -0.4 is 20.1 Å². The van der Waals surface area contributed by atoms with E-state index in [0.29, 0.717) is 65.2 Å². The van der Waals surface area contributed by atoms with Crippen LogP contribution in [0.15, 0.2) is 17.6 Å². The predicted molar refractivity (Wildman–Crippen MR) is 119 cm³/mol. The number of amides is 1. The minimum Gasteiger partial charge on any atom is -0.493 e. The van der Waals surface area contributed by atoms with Gasteiger partial charge < -0.3 is 25.0 Å². The zero-order valence-corrected chi connectivity index (χ0v) is 18.5. The quantitative estimate of drug-likeness (QED) is 0.645. The largest absolute Gasteiger partial charge is 0.493 e. The van der Waals surface area contributed by atoms with Crippen molar-refractivity contribution in [2.45, 2.75) is 6.92 Å². The van der Waals surface area contributed by atoms with E-state index < -0.39 is 0 Å². The molecule has 1 fully saturated rings. The Labute approximate surface area is 184 Å². The first kappa shape index (κ1) is 21.8. The van der Waals surface area contributed by atoms with Gasteiger partial charge in [-0.05, 0) is 13.0 Å². The Kier molecular flexibility index (Phi) is 6.47. The smallest absolute Gasteiger partial charge is 0.265 e. The number of nitrogens with zero attached hydrogens (tertiary/aromatic N) is 5. The third-order valence-corrected chi connectivity index (χ3v) is 5.92. The molecule has 0 atom stereocenters. The van der Waals surface area contributed by atoms with Gasteiger partial charge in [-0.25, -0.2) is 9.97 Å². The molecule has 1 saturated heterocycles. The van der Waals surface area contributed by atoms with Gasteiger partial charge in [-0.15, -0.1) is 23.7 Å². The Morgan fingerprint density at radius 1 is 1.10 bits per heavy atom. The van der Waals surface area contributed by atoms with Crippen molar-refractivity contribution in [3.05, 3.63) is 28.2 Å². The number of rotatable bonds is 4. The Bertz CT molecular complexity index is 1070. The summed E-state index contributed by atoms with van der Waals surface area (Å²) in [5, 5.41) is 0.709. The van der Waals surface area contributed by atoms with Crippen LogP contribution in [0.25, 0.3) is 10.9 Å². The van der Waals surface area contributed by atoms with E-state index in [0.717, 1.165) is 5.69 Å². The second kappa shape index (κ2) is 8.88. The molecule has 2 aromatic heterocycles. The third-order valence-electron chi connectivity index (χ3n) is 5.01. The number of piperazine rings is 1. The molecule has 3 heterocycles. The van der Waals surface area contributed by atoms with Gasteiger partial charge in [-0.1, -0.05) is 0 Å². The molecule has 2 N–H and O–H groups in total. The summed E-state index contributed by atoms with van der Waals surface area (Å²) in [6.07, 6.45) is 0. The second-order valence-electron chi connectivity index (χ2n) is 6.68. The number of carbonyl (C=O) groups excluding carboxylic acids is 1. The lowest BCUT2D eigenvalue weighted by Gasteiger charge is -2.34. The number of halogens is 1. The van der Waals surface area contributed by atoms with Crippen LogP contribution in [0.4, 0.5) is 11.8 Å². The van der Waals surface area contributed by atoms with Crippen molar-refractivity contribution in [1.82, 2.24) is 19.9 Å². The zero-order valence-electron chi connectivity index (χ0n) is 16.9. The number of anilines is 2. The summed E-state index contributed by atoms with van der Waals surface area (Å²) in [7, 11) is 3.15. The maximum absolute atomic E-state index is 12.7. The van der Waals surface area contributed by atoms with Crippen molar-refractivity contribution in [2.24, 2.45) is 0 Å². The number of nitrogen functional groups attached to an aromatic ring is 1. The summed E-state index contributed by atoms with van der Waals surface area (Å²) in [4.78, 5) is 30.6. The van der Waals surface area contributed by atoms with Gasteiger partial charge in [-0.3, -0.25) is 4.79 Å². The number of hydrogen-bond acceptors (Lipinski definition) is 9. The molecule has 1 amide bonds. The molecule has 1 aromatic carbocycles. The average Bonchev–Trinajstić information content (AvgIpc) is 3.18. The van der Waals surface area contributed by atoms with Crippen LogP contribution in [0, 0.1) is 6.92 Å². The molecule has 3 aromatic rings. The summed E-state index contributed by atoms with van der Waals surface area (Å²) in [6.45, 7) is 4.28. The molecule has 0 radical (unpaired) electrons. The van der Waals surface area contributed by atoms with Crippen molar-refractivity contribution in [2.75, 3.05) is 51.0 Å². The second-order valence-corrected chi connectivity index (χ2v) is 7.53. The van der Waals surface area contributed by atoms with Crippen molar-refractivity contribution in [3.63, 3.8) is 0 Å². The highest BCUT2D eigenvalue weighted by Gasteiger charge is 2.26. The van der Waals surface area contributed by atoms with Crippen LogP contribution >= 0.6 is 23.7 Å². The summed E-state index contributed by atoms with van der Waals surface area (Å²) in [5.74, 6) is 2.11. The van der Waals surface area contributed by atoms with E-state index in [-0.39, 0.29) is 18.3 Å². The van der Waals surface area contributed by atoms with Gasteiger partial charge in [0.15, 0.2) is 11.5 Å². The maximum atomic E-state index is 12.7. The van der Waals surface area contributed by atoms with E-state index >= 15 is 0 Å². The monoisotopic (exact) mass is 450 g/mol. The van der Waals surface area contributed by atoms with Crippen molar-refractivity contribution in [1.29, 1.82) is 0 Å². The van der Waals surface area contributed by atoms with Crippen LogP contribution in [0.1, 0.15) is 15.4 Å². The SMILES string of the molecule is COc1cc2nc(N3CCN(C(=O)c4scnc4C)CC3)nc(N)c2cc1OC.Cl. The standard InChI is InChI=1S/C19H22N6O3S.ClH/c1-11-16(29-10-21-11)18(26)24-4-6-25(7-5-24)19-22-13-9-15(28-3)14(27-2)8-12(13)17(20)23-19;/h8-10H,4-7H2,1-3H3,(H2,20,22,23);1H. The molecule has 0 unspecified atom stereocenters. The normalized spacial score (nSPS) is 13.8. The lowest BCUT2D eigenvalue weighted by molar-refractivity contribution is 0.0750. The number of benzene rings is 1. The number of aromatic nitrogens is 3. The summed E-state index contributed by atoms with van der Waals surface area (Å²) in [5.41, 5.74) is 9.35. The summed E-state index contributed by atoms with van der Waals surface area (Å²) < 4.78 is 10.7. The topological polar surface area (TPSA) is 107 Å². The minimum atomic E-state index is 0. The van der Waals surface area contributed by atoms with E-state index in [1.807, 2.05) is 16.7 Å². The Morgan fingerprint density at radius 3 is 2.37 bits per heavy atom. The fraction of sp³-hybridized carbons (Fsp3) is 0.368. The Morgan fingerprint density at radius 2 is 1.77 bits per heavy atom. The molecule has 1 aliphatic heterocycles. The fourth-order valence-corrected chi connectivity index (χ4v) is 4.14. The van der Waals surface area contributed by atoms with Crippen LogP contribution in [-0.2, 0) is 0 Å². The zero-order chi connectivity index (χ0) is 20.5. The van der Waals surface area contributed by atoms with Gasteiger partial charge >= 0.3 is 0 Å². The van der Waals surface area contributed by atoms with Gasteiger partial charge in [0, 0.05) is 37.6 Å². The number of nitrogens with two attached hydrogens (primary N) is 1. The lowest BCUT2D eigenvalue weighted by Crippen LogP contribution is -2.49. The molecule has 0 spiro atoms. The molecule has 9 nitrogen and oxygen atoms in total. The number of hydrogen-bond donors (Lipinski definition) is 1. The first-order valence-electron chi connectivity index (χ1n) is 9.15. The number of aryl methyl sites for hydroxylation is 1. The first-order chi connectivity index (χ1) is 14.0. The molecule has 160 valence electrons. The van der Waals surface area contributed by atoms with Crippen LogP contribution in [-0.4, -0.2) is 66.2 Å². The fourth-order valence-electron chi connectivity index (χ4n) is 3.37. The molecule has 0 bridgehead atoms. The van der Waals surface area contributed by atoms with Gasteiger partial charge in [0.1, 0.15) is 10.7 Å². The maximum Gasteiger partial charge on any atom is 0.265 e. The lowest BCUT2D eigenvalue weighted by atomic mass is 10.2. The Balaban J connectivity index is 0.00000256. The van der Waals surface area contributed by atoms with Crippen LogP contribution in [0.5, 0.6) is 11.5 Å². The number of carbonyl (C=O) groups is 1. The first-order valence-corrected chi connectivity index (χ1v) is 10.0. The van der Waals surface area contributed by atoms with Crippen LogP contribution in [0.3, 0.4) is 0 Å². The van der Waals surface area contributed by atoms with Crippen molar-refractivity contribution < 1.29 is 14.3 Å². The van der Waals surface area contributed by atoms with E-state index in [1.165, 1.54) is 11.3 Å². The number of thiazole rings is 1. The molecule has 11 heteroatoms. The van der Waals surface area contributed by atoms with Gasteiger partial charge in [0.05, 0.1) is 30.9 Å². The molecule has 0 aliphatic carbocycles. The van der Waals surface area contributed by atoms with Crippen LogP contribution in [0.2, 0.25) is 0 Å². The molecule has 1 aliphatic rings. The highest BCUT2D eigenvalue weighted by atomic mass is 35.5. The molecule has 0 saturated carbocycles.